The zero-order chi connectivity index (χ0) is 24.9. The zero-order valence-electron chi connectivity index (χ0n) is 22.8. The van der Waals surface area contributed by atoms with Gasteiger partial charge in [0.15, 0.2) is 0 Å². The number of carbonyl (C=O) groups is 1. The van der Waals surface area contributed by atoms with E-state index in [0.717, 1.165) is 38.5 Å². The van der Waals surface area contributed by atoms with E-state index >= 15 is 0 Å². The minimum absolute atomic E-state index is 0.0846. The Morgan fingerprint density at radius 1 is 0.853 bits per heavy atom. The monoisotopic (exact) mass is 470 g/mol. The second-order valence-electron chi connectivity index (χ2n) is 14.6. The number of aliphatic hydroxyl groups excluding tert-OH is 2. The van der Waals surface area contributed by atoms with Crippen LogP contribution in [-0.2, 0) is 4.79 Å². The van der Waals surface area contributed by atoms with Crippen LogP contribution >= 0.6 is 0 Å². The number of aliphatic hydroxyl groups is 2. The van der Waals surface area contributed by atoms with Crippen LogP contribution in [0.1, 0.15) is 106 Å². The van der Waals surface area contributed by atoms with Crippen molar-refractivity contribution in [3.05, 3.63) is 12.2 Å². The molecule has 5 aliphatic rings. The Hall–Kier alpha value is -0.670. The van der Waals surface area contributed by atoms with Crippen molar-refractivity contribution in [2.45, 2.75) is 112 Å². The van der Waals surface area contributed by atoms with Gasteiger partial charge in [0.2, 0.25) is 0 Å². The third kappa shape index (κ3) is 2.81. The molecule has 0 heterocycles. The maximum atomic E-state index is 13.2. The summed E-state index contributed by atoms with van der Waals surface area (Å²) in [5.41, 5.74) is 1.42. The fourth-order valence-corrected chi connectivity index (χ4v) is 11.8. The van der Waals surface area contributed by atoms with Crippen molar-refractivity contribution >= 4 is 5.78 Å². The van der Waals surface area contributed by atoms with Crippen LogP contribution < -0.4 is 0 Å². The number of rotatable bonds is 3. The molecule has 2 N–H and O–H groups in total. The minimum atomic E-state index is -0.396. The lowest BCUT2D eigenvalue weighted by Crippen LogP contribution is -2.67. The van der Waals surface area contributed by atoms with Gasteiger partial charge in [-0.1, -0.05) is 39.8 Å². The van der Waals surface area contributed by atoms with Crippen LogP contribution in [0.15, 0.2) is 12.2 Å². The normalized spacial score (nSPS) is 56.6. The maximum absolute atomic E-state index is 13.2. The highest BCUT2D eigenvalue weighted by Crippen LogP contribution is 2.77. The molecule has 5 saturated carbocycles. The molecule has 0 saturated heterocycles. The van der Waals surface area contributed by atoms with Crippen molar-refractivity contribution in [2.75, 3.05) is 6.61 Å². The summed E-state index contributed by atoms with van der Waals surface area (Å²) < 4.78 is 0. The van der Waals surface area contributed by atoms with Crippen LogP contribution in [0, 0.1) is 56.7 Å². The molecule has 2 unspecified atom stereocenters. The Morgan fingerprint density at radius 3 is 2.18 bits per heavy atom. The summed E-state index contributed by atoms with van der Waals surface area (Å²) in [6.45, 7) is 18.5. The molecular weight excluding hydrogens is 420 g/mol. The first-order valence-electron chi connectivity index (χ1n) is 14.3. The fourth-order valence-electron chi connectivity index (χ4n) is 11.8. The Labute approximate surface area is 208 Å². The molecule has 192 valence electrons. The van der Waals surface area contributed by atoms with Gasteiger partial charge in [-0.05, 0) is 124 Å². The van der Waals surface area contributed by atoms with Gasteiger partial charge in [0, 0.05) is 10.8 Å². The first-order chi connectivity index (χ1) is 15.8. The summed E-state index contributed by atoms with van der Waals surface area (Å²) in [6, 6.07) is 0. The van der Waals surface area contributed by atoms with E-state index in [-0.39, 0.29) is 33.7 Å². The lowest BCUT2D eigenvalue weighted by Gasteiger charge is -2.73. The molecule has 0 aromatic rings. The molecule has 5 fully saturated rings. The highest BCUT2D eigenvalue weighted by atomic mass is 16.3. The summed E-state index contributed by atoms with van der Waals surface area (Å²) in [5, 5.41) is 21.4. The van der Waals surface area contributed by atoms with E-state index in [0.29, 0.717) is 35.4 Å². The number of carbonyl (C=O) groups excluding carboxylic acids is 1. The van der Waals surface area contributed by atoms with Crippen LogP contribution in [-0.4, -0.2) is 28.7 Å². The van der Waals surface area contributed by atoms with E-state index in [9.17, 15) is 15.0 Å². The predicted octanol–water partition coefficient (Wildman–Crippen LogP) is 6.57. The van der Waals surface area contributed by atoms with E-state index in [4.69, 9.17) is 0 Å². The molecule has 0 spiro atoms. The summed E-state index contributed by atoms with van der Waals surface area (Å²) in [6.07, 6.45) is 10.7. The van der Waals surface area contributed by atoms with E-state index in [1.807, 2.05) is 6.92 Å². The third-order valence-corrected chi connectivity index (χ3v) is 13.9. The quantitative estimate of drug-likeness (QED) is 0.459. The van der Waals surface area contributed by atoms with Gasteiger partial charge in [-0.15, -0.1) is 0 Å². The first-order valence-corrected chi connectivity index (χ1v) is 14.3. The van der Waals surface area contributed by atoms with Crippen molar-refractivity contribution in [3.63, 3.8) is 0 Å². The highest BCUT2D eigenvalue weighted by Gasteiger charge is 2.71. The van der Waals surface area contributed by atoms with Gasteiger partial charge in [-0.25, -0.2) is 0 Å². The second-order valence-corrected chi connectivity index (χ2v) is 14.6. The van der Waals surface area contributed by atoms with Gasteiger partial charge in [-0.3, -0.25) is 4.79 Å². The smallest absolute Gasteiger partial charge is 0.136 e. The molecule has 0 aliphatic heterocycles. The third-order valence-electron chi connectivity index (χ3n) is 13.9. The molecule has 3 nitrogen and oxygen atoms in total. The molecule has 0 aromatic heterocycles. The van der Waals surface area contributed by atoms with Gasteiger partial charge in [-0.2, -0.15) is 0 Å². The minimum Gasteiger partial charge on any atom is -0.396 e. The van der Waals surface area contributed by atoms with E-state index < -0.39 is 6.10 Å². The van der Waals surface area contributed by atoms with E-state index in [2.05, 4.69) is 41.2 Å². The molecule has 0 bridgehead atoms. The summed E-state index contributed by atoms with van der Waals surface area (Å²) in [5.74, 6) is 2.97. The van der Waals surface area contributed by atoms with Crippen molar-refractivity contribution in [1.29, 1.82) is 0 Å². The average Bonchev–Trinajstić information content (AvgIpc) is 3.18. The molecule has 5 rings (SSSR count). The molecule has 11 atom stereocenters. The number of hydrogen-bond donors (Lipinski definition) is 2. The average molecular weight is 471 g/mol. The fraction of sp³-hybridized carbons (Fsp3) is 0.903. The van der Waals surface area contributed by atoms with Gasteiger partial charge >= 0.3 is 0 Å². The Bertz CT molecular complexity index is 880. The van der Waals surface area contributed by atoms with Crippen LogP contribution in [0.5, 0.6) is 0 Å². The van der Waals surface area contributed by atoms with Gasteiger partial charge in [0.05, 0.1) is 12.7 Å². The number of fused-ring (bicyclic) bond motifs is 7. The molecule has 0 aromatic carbocycles. The van der Waals surface area contributed by atoms with Gasteiger partial charge < -0.3 is 10.2 Å². The molecular formula is C31H50O3. The van der Waals surface area contributed by atoms with Gasteiger partial charge in [0.1, 0.15) is 5.78 Å². The molecule has 0 amide bonds. The second kappa shape index (κ2) is 7.67. The SMILES string of the molecule is C=C(C)C1CC[C@]2(C(C)=O)CC[C@]3(C)C(CC[C@@H]4[C@@]5(C)CC[C@H](O)[C@@](C)(CO)[C@@H]5CC[C@]43C)[C@@H]12. The summed E-state index contributed by atoms with van der Waals surface area (Å²) in [7, 11) is 0. The molecule has 5 aliphatic carbocycles. The predicted molar refractivity (Wildman–Crippen MR) is 137 cm³/mol. The Kier molecular flexibility index (Phi) is 5.64. The lowest BCUT2D eigenvalue weighted by molar-refractivity contribution is -0.252. The molecule has 0 radical (unpaired) electrons. The number of ketones is 1. The standard InChI is InChI=1S/C31H50O3/c1-19(2)21-10-15-31(20(3)33)17-16-29(6)22(26(21)31)8-9-24-27(4)13-12-25(34)28(5,18-32)23(27)11-14-30(24,29)7/h21-26,32,34H,1,8-18H2,2-7H3/t21?,22?,23-,24-,25+,26-,27+,28+,29-,30-,31-/m1/s1. The summed E-state index contributed by atoms with van der Waals surface area (Å²) in [4.78, 5) is 13.2. The maximum Gasteiger partial charge on any atom is 0.136 e. The van der Waals surface area contributed by atoms with Crippen molar-refractivity contribution in [1.82, 2.24) is 0 Å². The van der Waals surface area contributed by atoms with Crippen molar-refractivity contribution in [2.24, 2.45) is 56.7 Å². The number of Topliss-reactive ketones (excluding diaryl/α,β-unsaturated/α-hetero) is 1. The zero-order valence-corrected chi connectivity index (χ0v) is 22.8. The molecule has 34 heavy (non-hydrogen) atoms. The largest absolute Gasteiger partial charge is 0.396 e. The number of allylic oxidation sites excluding steroid dienone is 1. The molecule has 3 heteroatoms. The van der Waals surface area contributed by atoms with Crippen LogP contribution in [0.25, 0.3) is 0 Å². The number of hydrogen-bond acceptors (Lipinski definition) is 3. The van der Waals surface area contributed by atoms with E-state index in [1.165, 1.54) is 31.3 Å². The van der Waals surface area contributed by atoms with Crippen molar-refractivity contribution < 1.29 is 15.0 Å². The lowest BCUT2D eigenvalue weighted by atomic mass is 9.32. The van der Waals surface area contributed by atoms with Crippen molar-refractivity contribution in [3.8, 4) is 0 Å². The van der Waals surface area contributed by atoms with Crippen LogP contribution in [0.4, 0.5) is 0 Å². The first kappa shape index (κ1) is 25.0. The Balaban J connectivity index is 1.56. The van der Waals surface area contributed by atoms with Crippen LogP contribution in [0.3, 0.4) is 0 Å². The Morgan fingerprint density at radius 2 is 1.56 bits per heavy atom. The highest BCUT2D eigenvalue weighted by molar-refractivity contribution is 5.83. The van der Waals surface area contributed by atoms with Crippen LogP contribution in [0.2, 0.25) is 0 Å². The summed E-state index contributed by atoms with van der Waals surface area (Å²) >= 11 is 0. The topological polar surface area (TPSA) is 57.5 Å². The van der Waals surface area contributed by atoms with Gasteiger partial charge in [0.25, 0.3) is 0 Å². The van der Waals surface area contributed by atoms with E-state index in [1.54, 1.807) is 0 Å².